The van der Waals surface area contributed by atoms with Gasteiger partial charge >= 0.3 is 0 Å². The molecule has 0 aromatic rings. The first-order chi connectivity index (χ1) is 10.9. The summed E-state index contributed by atoms with van der Waals surface area (Å²) in [7, 11) is 0. The van der Waals surface area contributed by atoms with E-state index in [4.69, 9.17) is 0 Å². The van der Waals surface area contributed by atoms with Crippen LogP contribution in [0.5, 0.6) is 0 Å². The van der Waals surface area contributed by atoms with Gasteiger partial charge in [-0.05, 0) is 85.4 Å². The summed E-state index contributed by atoms with van der Waals surface area (Å²) >= 11 is 0. The zero-order valence-electron chi connectivity index (χ0n) is 16.0. The Hall–Kier alpha value is -0.330. The second-order valence-corrected chi connectivity index (χ2v) is 9.93. The second kappa shape index (κ2) is 4.85. The van der Waals surface area contributed by atoms with E-state index in [2.05, 4.69) is 27.7 Å². The molecule has 0 heterocycles. The minimum atomic E-state index is 0.305. The van der Waals surface area contributed by atoms with Gasteiger partial charge in [0.25, 0.3) is 0 Å². The molecule has 4 aliphatic rings. The molecule has 8 unspecified atom stereocenters. The van der Waals surface area contributed by atoms with Gasteiger partial charge in [-0.15, -0.1) is 0 Å². The Labute approximate surface area is 143 Å². The molecule has 4 saturated carbocycles. The molecular formula is C22H36O. The van der Waals surface area contributed by atoms with Gasteiger partial charge in [0, 0.05) is 5.92 Å². The van der Waals surface area contributed by atoms with Crippen molar-refractivity contribution in [1.82, 2.24) is 0 Å². The highest BCUT2D eigenvalue weighted by Crippen LogP contribution is 2.91. The highest BCUT2D eigenvalue weighted by molar-refractivity contribution is 5.80. The van der Waals surface area contributed by atoms with E-state index in [1.165, 1.54) is 51.4 Å². The number of ketones is 1. The molecule has 0 aromatic carbocycles. The van der Waals surface area contributed by atoms with E-state index in [0.717, 1.165) is 17.8 Å². The molecule has 4 fully saturated rings. The first-order valence-electron chi connectivity index (χ1n) is 10.4. The molecule has 23 heavy (non-hydrogen) atoms. The van der Waals surface area contributed by atoms with Crippen molar-refractivity contribution in [3.05, 3.63) is 0 Å². The van der Waals surface area contributed by atoms with Crippen LogP contribution < -0.4 is 0 Å². The summed E-state index contributed by atoms with van der Waals surface area (Å²) in [5.41, 5.74) is 1.61. The molecule has 1 nitrogen and oxygen atoms in total. The fourth-order valence-corrected chi connectivity index (χ4v) is 9.43. The van der Waals surface area contributed by atoms with E-state index >= 15 is 0 Å². The molecule has 4 aliphatic carbocycles. The normalized spacial score (nSPS) is 56.8. The number of carbonyl (C=O) groups excluding carboxylic acids is 1. The third-order valence-electron chi connectivity index (χ3n) is 9.53. The van der Waals surface area contributed by atoms with Crippen LogP contribution in [-0.4, -0.2) is 5.78 Å². The standard InChI is InChI=1S/C22H36O/c1-6-10-21-16(7-2)8-12-22(21)17(21)9-11-20(5)18(22)13-14(3)19(20)15(4)23/h14,16-19H,6-13H2,1-5H3. The van der Waals surface area contributed by atoms with E-state index in [1.54, 1.807) is 0 Å². The van der Waals surface area contributed by atoms with Gasteiger partial charge in [0.15, 0.2) is 0 Å². The van der Waals surface area contributed by atoms with Crippen molar-refractivity contribution < 1.29 is 4.79 Å². The number of hydrogen-bond acceptors (Lipinski definition) is 1. The van der Waals surface area contributed by atoms with Crippen molar-refractivity contribution in [2.45, 2.75) is 86.0 Å². The molecule has 0 aromatic heterocycles. The highest BCUT2D eigenvalue weighted by Gasteiger charge is 2.85. The van der Waals surface area contributed by atoms with Crippen LogP contribution in [0.1, 0.15) is 86.0 Å². The quantitative estimate of drug-likeness (QED) is 0.634. The van der Waals surface area contributed by atoms with Gasteiger partial charge in [0.1, 0.15) is 5.78 Å². The maximum absolute atomic E-state index is 12.5. The van der Waals surface area contributed by atoms with Gasteiger partial charge in [0.2, 0.25) is 0 Å². The molecule has 4 rings (SSSR count). The van der Waals surface area contributed by atoms with Crippen LogP contribution in [-0.2, 0) is 4.79 Å². The van der Waals surface area contributed by atoms with Crippen molar-refractivity contribution in [3.8, 4) is 0 Å². The van der Waals surface area contributed by atoms with Gasteiger partial charge in [-0.1, -0.05) is 40.5 Å². The molecule has 1 heteroatoms. The van der Waals surface area contributed by atoms with Crippen LogP contribution in [0.4, 0.5) is 0 Å². The fraction of sp³-hybridized carbons (Fsp3) is 0.955. The van der Waals surface area contributed by atoms with Gasteiger partial charge in [-0.3, -0.25) is 4.79 Å². The van der Waals surface area contributed by atoms with Gasteiger partial charge in [-0.25, -0.2) is 0 Å². The fourth-order valence-electron chi connectivity index (χ4n) is 9.43. The van der Waals surface area contributed by atoms with Crippen LogP contribution in [0, 0.1) is 45.8 Å². The molecule has 0 saturated heterocycles. The first-order valence-corrected chi connectivity index (χ1v) is 10.4. The largest absolute Gasteiger partial charge is 0.300 e. The van der Waals surface area contributed by atoms with Crippen molar-refractivity contribution >= 4 is 5.78 Å². The Morgan fingerprint density at radius 3 is 2.48 bits per heavy atom. The summed E-state index contributed by atoms with van der Waals surface area (Å²) < 4.78 is 0. The molecule has 0 aliphatic heterocycles. The minimum absolute atomic E-state index is 0.305. The molecule has 0 radical (unpaired) electrons. The maximum atomic E-state index is 12.5. The summed E-state index contributed by atoms with van der Waals surface area (Å²) in [6.45, 7) is 11.6. The van der Waals surface area contributed by atoms with Gasteiger partial charge < -0.3 is 0 Å². The predicted octanol–water partition coefficient (Wildman–Crippen LogP) is 5.87. The summed E-state index contributed by atoms with van der Waals surface area (Å²) in [6.07, 6.45) is 11.2. The smallest absolute Gasteiger partial charge is 0.133 e. The average molecular weight is 317 g/mol. The SMILES string of the molecule is CCCC12C(CC)CCC13C1CC(C)C(C(C)=O)C1(C)CCC23. The number of carbonyl (C=O) groups is 1. The van der Waals surface area contributed by atoms with Crippen LogP contribution in [0.3, 0.4) is 0 Å². The third-order valence-corrected chi connectivity index (χ3v) is 9.53. The summed E-state index contributed by atoms with van der Waals surface area (Å²) in [5, 5.41) is 0. The zero-order valence-corrected chi connectivity index (χ0v) is 16.0. The lowest BCUT2D eigenvalue weighted by molar-refractivity contribution is -0.127. The third kappa shape index (κ3) is 1.59. The Bertz CT molecular complexity index is 524. The number of Topliss-reactive ketones (excluding diaryl/α,β-unsaturated/α-hetero) is 1. The monoisotopic (exact) mass is 316 g/mol. The van der Waals surface area contributed by atoms with Gasteiger partial charge in [-0.2, -0.15) is 0 Å². The topological polar surface area (TPSA) is 17.1 Å². The maximum Gasteiger partial charge on any atom is 0.133 e. The molecule has 0 bridgehead atoms. The Balaban J connectivity index is 1.77. The second-order valence-electron chi connectivity index (χ2n) is 9.93. The lowest BCUT2D eigenvalue weighted by Gasteiger charge is -2.45. The van der Waals surface area contributed by atoms with Crippen LogP contribution in [0.15, 0.2) is 0 Å². The molecule has 1 spiro atoms. The minimum Gasteiger partial charge on any atom is -0.300 e. The Morgan fingerprint density at radius 1 is 1.13 bits per heavy atom. The molecule has 0 N–H and O–H groups in total. The van der Waals surface area contributed by atoms with E-state index in [9.17, 15) is 4.79 Å². The predicted molar refractivity (Wildman–Crippen MR) is 95.1 cm³/mol. The van der Waals surface area contributed by atoms with Crippen LogP contribution in [0.2, 0.25) is 0 Å². The Kier molecular flexibility index (Phi) is 3.41. The average Bonchev–Trinajstić information content (AvgIpc) is 2.76. The zero-order chi connectivity index (χ0) is 16.6. The van der Waals surface area contributed by atoms with Crippen LogP contribution >= 0.6 is 0 Å². The molecule has 0 amide bonds. The van der Waals surface area contributed by atoms with Crippen molar-refractivity contribution in [2.24, 2.45) is 45.8 Å². The summed E-state index contributed by atoms with van der Waals surface area (Å²) in [4.78, 5) is 12.5. The first kappa shape index (κ1) is 16.2. The summed E-state index contributed by atoms with van der Waals surface area (Å²) in [5.74, 6) is 4.23. The van der Waals surface area contributed by atoms with E-state index in [1.807, 2.05) is 6.92 Å². The Morgan fingerprint density at radius 2 is 1.87 bits per heavy atom. The van der Waals surface area contributed by atoms with Crippen molar-refractivity contribution in [2.75, 3.05) is 0 Å². The van der Waals surface area contributed by atoms with Crippen LogP contribution in [0.25, 0.3) is 0 Å². The van der Waals surface area contributed by atoms with E-state index < -0.39 is 0 Å². The lowest BCUT2D eigenvalue weighted by Crippen LogP contribution is -2.41. The van der Waals surface area contributed by atoms with Crippen molar-refractivity contribution in [1.29, 1.82) is 0 Å². The highest BCUT2D eigenvalue weighted by atomic mass is 16.1. The van der Waals surface area contributed by atoms with E-state index in [-0.39, 0.29) is 0 Å². The number of fused-ring (bicyclic) bond motifs is 2. The molecule has 8 atom stereocenters. The summed E-state index contributed by atoms with van der Waals surface area (Å²) in [6, 6.07) is 0. The lowest BCUT2D eigenvalue weighted by atomic mass is 9.59. The molecular weight excluding hydrogens is 280 g/mol. The van der Waals surface area contributed by atoms with Gasteiger partial charge in [0.05, 0.1) is 0 Å². The number of hydrogen-bond donors (Lipinski definition) is 0. The molecule has 130 valence electrons. The number of rotatable bonds is 4. The van der Waals surface area contributed by atoms with E-state index in [0.29, 0.717) is 33.9 Å². The van der Waals surface area contributed by atoms with Crippen molar-refractivity contribution in [3.63, 3.8) is 0 Å².